The van der Waals surface area contributed by atoms with E-state index in [1.165, 1.54) is 49.4 Å². The van der Waals surface area contributed by atoms with Crippen LogP contribution in [0.3, 0.4) is 0 Å². The molecule has 0 aliphatic carbocycles. The molecule has 0 bridgehead atoms. The number of phenolic OH excluding ortho intramolecular Hbond substituents is 4. The minimum Gasteiger partial charge on any atom is -0.504 e. The van der Waals surface area contributed by atoms with Crippen LogP contribution in [0, 0.1) is 0 Å². The van der Waals surface area contributed by atoms with Crippen molar-refractivity contribution in [2.45, 2.75) is 92.8 Å². The highest BCUT2D eigenvalue weighted by Crippen LogP contribution is 2.35. The molecule has 0 spiro atoms. The molecule has 3 aliphatic rings. The molecule has 0 saturated carbocycles. The number of aromatic hydroxyl groups is 4. The van der Waals surface area contributed by atoms with E-state index in [4.69, 9.17) is 33.2 Å². The average Bonchev–Trinajstić information content (AvgIpc) is 3.42. The monoisotopic (exact) mass is 756 g/mol. The van der Waals surface area contributed by atoms with Crippen LogP contribution in [-0.4, -0.2) is 168 Å². The van der Waals surface area contributed by atoms with E-state index in [1.54, 1.807) is 0 Å². The van der Waals surface area contributed by atoms with Crippen molar-refractivity contribution in [2.24, 2.45) is 0 Å². The first-order valence-electron chi connectivity index (χ1n) is 16.6. The van der Waals surface area contributed by atoms with Gasteiger partial charge in [-0.1, -0.05) is 12.1 Å². The first-order chi connectivity index (χ1) is 25.1. The molecule has 19 heteroatoms. The van der Waals surface area contributed by atoms with Crippen molar-refractivity contribution in [3.05, 3.63) is 53.6 Å². The van der Waals surface area contributed by atoms with Gasteiger partial charge in [0, 0.05) is 6.08 Å². The van der Waals surface area contributed by atoms with Gasteiger partial charge in [0.25, 0.3) is 0 Å². The summed E-state index contributed by atoms with van der Waals surface area (Å²) in [5.74, 6) is -2.44. The molecule has 53 heavy (non-hydrogen) atoms. The number of phenols is 4. The van der Waals surface area contributed by atoms with Crippen LogP contribution >= 0.6 is 0 Å². The van der Waals surface area contributed by atoms with E-state index in [-0.39, 0.29) is 30.3 Å². The number of benzene rings is 2. The summed E-state index contributed by atoms with van der Waals surface area (Å²) in [5, 5.41) is 113. The lowest BCUT2D eigenvalue weighted by Crippen LogP contribution is -2.65. The molecule has 2 aromatic rings. The summed E-state index contributed by atoms with van der Waals surface area (Å²) in [7, 11) is 0. The van der Waals surface area contributed by atoms with Gasteiger partial charge in [0.15, 0.2) is 41.9 Å². The van der Waals surface area contributed by atoms with Crippen molar-refractivity contribution in [1.82, 2.24) is 0 Å². The zero-order valence-electron chi connectivity index (χ0n) is 28.3. The fourth-order valence-electron chi connectivity index (χ4n) is 5.85. The van der Waals surface area contributed by atoms with Crippen LogP contribution in [0.25, 0.3) is 6.08 Å². The second-order valence-electron chi connectivity index (χ2n) is 13.0. The van der Waals surface area contributed by atoms with Crippen LogP contribution in [0.4, 0.5) is 0 Å². The minimum atomic E-state index is -2.13. The Kier molecular flexibility index (Phi) is 13.2. The second kappa shape index (κ2) is 17.2. The maximum atomic E-state index is 12.7. The lowest BCUT2D eigenvalue weighted by atomic mass is 9.96. The first-order valence-corrected chi connectivity index (χ1v) is 16.6. The van der Waals surface area contributed by atoms with Gasteiger partial charge < -0.3 is 89.3 Å². The summed E-state index contributed by atoms with van der Waals surface area (Å²) in [6.45, 7) is -0.888. The minimum absolute atomic E-state index is 0.116. The zero-order valence-corrected chi connectivity index (χ0v) is 28.3. The fourth-order valence-corrected chi connectivity index (χ4v) is 5.85. The van der Waals surface area contributed by atoms with Crippen molar-refractivity contribution >= 4 is 12.0 Å². The molecular weight excluding hydrogens is 712 g/mol. The summed E-state index contributed by atoms with van der Waals surface area (Å²) < 4.78 is 40.2. The van der Waals surface area contributed by atoms with Gasteiger partial charge >= 0.3 is 5.97 Å². The van der Waals surface area contributed by atoms with E-state index >= 15 is 0 Å². The number of carbonyl (C=O) groups excluding carboxylic acids is 1. The molecule has 3 saturated heterocycles. The van der Waals surface area contributed by atoms with Gasteiger partial charge in [0.1, 0.15) is 61.0 Å². The number of esters is 1. The summed E-state index contributed by atoms with van der Waals surface area (Å²) in [5.41, 5.74) is -1.27. The van der Waals surface area contributed by atoms with E-state index in [1.807, 2.05) is 0 Å². The molecule has 0 radical (unpaired) electrons. The Morgan fingerprint density at radius 2 is 1.51 bits per heavy atom. The number of aliphatic hydroxyl groups is 7. The van der Waals surface area contributed by atoms with E-state index < -0.39 is 111 Å². The molecule has 19 nitrogen and oxygen atoms in total. The molecule has 2 aromatic carbocycles. The van der Waals surface area contributed by atoms with Crippen molar-refractivity contribution in [3.63, 3.8) is 0 Å². The van der Waals surface area contributed by atoms with E-state index in [0.29, 0.717) is 11.1 Å². The van der Waals surface area contributed by atoms with E-state index in [0.717, 1.165) is 6.08 Å². The zero-order chi connectivity index (χ0) is 38.6. The van der Waals surface area contributed by atoms with Crippen LogP contribution in [0.1, 0.15) is 18.1 Å². The van der Waals surface area contributed by atoms with Crippen LogP contribution in [0.15, 0.2) is 42.5 Å². The van der Waals surface area contributed by atoms with E-state index in [9.17, 15) is 61.0 Å². The molecule has 3 fully saturated rings. The topological polar surface area (TPSA) is 304 Å². The summed E-state index contributed by atoms with van der Waals surface area (Å²) >= 11 is 0. The highest BCUT2D eigenvalue weighted by Gasteiger charge is 2.55. The summed E-state index contributed by atoms with van der Waals surface area (Å²) in [4.78, 5) is 12.7. The van der Waals surface area contributed by atoms with Gasteiger partial charge in [-0.2, -0.15) is 0 Å². The number of aliphatic hydroxyl groups excluding tert-OH is 6. The van der Waals surface area contributed by atoms with Crippen LogP contribution in [0.2, 0.25) is 0 Å². The van der Waals surface area contributed by atoms with Crippen molar-refractivity contribution in [3.8, 4) is 23.0 Å². The van der Waals surface area contributed by atoms with Gasteiger partial charge in [-0.25, -0.2) is 4.79 Å². The van der Waals surface area contributed by atoms with Gasteiger partial charge in [-0.3, -0.25) is 0 Å². The van der Waals surface area contributed by atoms with Crippen molar-refractivity contribution < 1.29 is 94.1 Å². The Hall–Kier alpha value is -3.67. The summed E-state index contributed by atoms with van der Waals surface area (Å²) in [6.07, 6.45) is -17.1. The second-order valence-corrected chi connectivity index (χ2v) is 13.0. The maximum Gasteiger partial charge on any atom is 0.330 e. The number of carbonyl (C=O) groups is 1. The lowest BCUT2D eigenvalue weighted by molar-refractivity contribution is -0.375. The molecular formula is C34H44O19. The Morgan fingerprint density at radius 1 is 0.830 bits per heavy atom. The molecule has 294 valence electrons. The van der Waals surface area contributed by atoms with Crippen LogP contribution in [-0.2, 0) is 44.4 Å². The summed E-state index contributed by atoms with van der Waals surface area (Å²) in [6, 6.07) is 7.90. The lowest BCUT2D eigenvalue weighted by Gasteiger charge is -2.47. The standard InChI is InChI=1S/C34H44O19/c1-15-24(41)26(43)27(44)31(50-15)52-28-25(42)22(12-48-23(40)7-4-16-2-5-18(36)20(38)10-16)51-32(47-9-8-17-3-6-19(37)21(39)11-17)29(28)53-33-30(45)34(46,13-35)14-49-33/h2-7,10-11,15,22,24-33,35-39,41-46H,8-9,12-14H2,1H3/t15-,22+,24-,25+,26+,27+,28-,29+,30+,31-,32+,33-,34+/m0/s1. The van der Waals surface area contributed by atoms with Crippen LogP contribution in [0.5, 0.6) is 23.0 Å². The van der Waals surface area contributed by atoms with Gasteiger partial charge in [-0.15, -0.1) is 0 Å². The van der Waals surface area contributed by atoms with Gasteiger partial charge in [-0.05, 0) is 54.8 Å². The number of hydrogen-bond donors (Lipinski definition) is 11. The highest BCUT2D eigenvalue weighted by atomic mass is 16.8. The SMILES string of the molecule is C[C@@H]1O[C@@H](O[C@H]2[C@H](O)[C@@H](COC(=O)C=Cc3ccc(O)c(O)c3)O[C@@H](OCCc3ccc(O)c(O)c3)[C@@H]2O[C@@H]2OC[C@](O)(CO)[C@@H]2O)[C@H](O)[C@H](O)[C@H]1O. The normalized spacial score (nSPS) is 36.2. The number of hydrogen-bond acceptors (Lipinski definition) is 19. The third kappa shape index (κ3) is 9.35. The Balaban J connectivity index is 1.40. The quantitative estimate of drug-likeness (QED) is 0.0569. The first kappa shape index (κ1) is 40.5. The number of ether oxygens (including phenoxy) is 7. The third-order valence-electron chi connectivity index (χ3n) is 9.10. The predicted octanol–water partition coefficient (Wildman–Crippen LogP) is -2.55. The molecule has 5 rings (SSSR count). The molecule has 11 N–H and O–H groups in total. The maximum absolute atomic E-state index is 12.7. The Bertz CT molecular complexity index is 1570. The van der Waals surface area contributed by atoms with Gasteiger partial charge in [0.2, 0.25) is 0 Å². The molecule has 3 aliphatic heterocycles. The average molecular weight is 757 g/mol. The Morgan fingerprint density at radius 3 is 2.17 bits per heavy atom. The van der Waals surface area contributed by atoms with Crippen molar-refractivity contribution in [2.75, 3.05) is 26.4 Å². The molecule has 0 unspecified atom stereocenters. The van der Waals surface area contributed by atoms with Gasteiger partial charge in [0.05, 0.1) is 25.9 Å². The fraction of sp³-hybridized carbons (Fsp3) is 0.559. The molecule has 0 aromatic heterocycles. The predicted molar refractivity (Wildman–Crippen MR) is 174 cm³/mol. The molecule has 13 atom stereocenters. The smallest absolute Gasteiger partial charge is 0.330 e. The molecule has 0 amide bonds. The largest absolute Gasteiger partial charge is 0.504 e. The van der Waals surface area contributed by atoms with Crippen molar-refractivity contribution in [1.29, 1.82) is 0 Å². The molecule has 3 heterocycles. The third-order valence-corrected chi connectivity index (χ3v) is 9.10. The highest BCUT2D eigenvalue weighted by molar-refractivity contribution is 5.87. The number of rotatable bonds is 13. The van der Waals surface area contributed by atoms with Crippen LogP contribution < -0.4 is 0 Å². The Labute approximate surface area is 302 Å². The van der Waals surface area contributed by atoms with E-state index in [2.05, 4.69) is 0 Å².